The van der Waals surface area contributed by atoms with Crippen LogP contribution in [0.3, 0.4) is 0 Å². The highest BCUT2D eigenvalue weighted by molar-refractivity contribution is 7.10. The van der Waals surface area contributed by atoms with Gasteiger partial charge in [0.2, 0.25) is 0 Å². The number of rotatable bonds is 3. The molecule has 1 aromatic heterocycles. The molecule has 0 bridgehead atoms. The van der Waals surface area contributed by atoms with Crippen LogP contribution in [-0.2, 0) is 4.74 Å². The molecule has 0 N–H and O–H groups in total. The largest absolute Gasteiger partial charge is 0.370 e. The molecule has 14 heavy (non-hydrogen) atoms. The molecule has 1 saturated heterocycles. The first kappa shape index (κ1) is 10.4. The zero-order valence-corrected chi connectivity index (χ0v) is 9.56. The van der Waals surface area contributed by atoms with Crippen molar-refractivity contribution in [2.24, 2.45) is 0 Å². The lowest BCUT2D eigenvalue weighted by atomic mass is 10.2. The van der Waals surface area contributed by atoms with E-state index < -0.39 is 0 Å². The molecule has 1 aliphatic heterocycles. The minimum Gasteiger partial charge on any atom is -0.370 e. The van der Waals surface area contributed by atoms with Gasteiger partial charge in [0, 0.05) is 30.4 Å². The standard InChI is InChI=1S/C10H14ClNOS/c11-3-4-12-5-6-13-9(8-12)10-2-1-7-14-10/h1-2,7,9H,3-6,8H2. The molecule has 78 valence electrons. The normalized spacial score (nSPS) is 23.9. The van der Waals surface area contributed by atoms with Crippen molar-refractivity contribution >= 4 is 22.9 Å². The van der Waals surface area contributed by atoms with Gasteiger partial charge in [0.25, 0.3) is 0 Å². The fourth-order valence-corrected chi connectivity index (χ4v) is 2.68. The zero-order valence-electron chi connectivity index (χ0n) is 7.99. The number of nitrogens with zero attached hydrogens (tertiary/aromatic N) is 1. The average Bonchev–Trinajstić information content (AvgIpc) is 2.71. The average molecular weight is 232 g/mol. The molecular formula is C10H14ClNOS. The Morgan fingerprint density at radius 1 is 1.64 bits per heavy atom. The topological polar surface area (TPSA) is 12.5 Å². The summed E-state index contributed by atoms with van der Waals surface area (Å²) < 4.78 is 5.72. The Morgan fingerprint density at radius 2 is 2.57 bits per heavy atom. The van der Waals surface area contributed by atoms with Crippen molar-refractivity contribution in [3.05, 3.63) is 22.4 Å². The summed E-state index contributed by atoms with van der Waals surface area (Å²) in [6, 6.07) is 4.21. The van der Waals surface area contributed by atoms with Gasteiger partial charge in [0.15, 0.2) is 0 Å². The number of halogens is 1. The first-order valence-corrected chi connectivity index (χ1v) is 6.25. The van der Waals surface area contributed by atoms with Crippen LogP contribution in [0.2, 0.25) is 0 Å². The molecule has 0 aromatic carbocycles. The monoisotopic (exact) mass is 231 g/mol. The highest BCUT2D eigenvalue weighted by Crippen LogP contribution is 2.25. The quantitative estimate of drug-likeness (QED) is 0.741. The first-order valence-electron chi connectivity index (χ1n) is 4.83. The minimum absolute atomic E-state index is 0.256. The number of hydrogen-bond donors (Lipinski definition) is 0. The number of morpholine rings is 1. The van der Waals surface area contributed by atoms with Gasteiger partial charge in [-0.05, 0) is 11.4 Å². The van der Waals surface area contributed by atoms with Crippen LogP contribution in [0, 0.1) is 0 Å². The van der Waals surface area contributed by atoms with Crippen LogP contribution in [-0.4, -0.2) is 37.0 Å². The van der Waals surface area contributed by atoms with Gasteiger partial charge in [-0.3, -0.25) is 4.90 Å². The molecule has 0 aliphatic carbocycles. The van der Waals surface area contributed by atoms with Gasteiger partial charge in [0.1, 0.15) is 6.10 Å². The van der Waals surface area contributed by atoms with Gasteiger partial charge in [-0.15, -0.1) is 22.9 Å². The van der Waals surface area contributed by atoms with Crippen LogP contribution < -0.4 is 0 Å². The van der Waals surface area contributed by atoms with Crippen molar-refractivity contribution in [1.82, 2.24) is 4.90 Å². The molecular weight excluding hydrogens is 218 g/mol. The van der Waals surface area contributed by atoms with E-state index in [9.17, 15) is 0 Å². The van der Waals surface area contributed by atoms with Crippen LogP contribution in [0.4, 0.5) is 0 Å². The Labute approximate surface area is 93.4 Å². The molecule has 1 aromatic rings. The van der Waals surface area contributed by atoms with Gasteiger partial charge >= 0.3 is 0 Å². The summed E-state index contributed by atoms with van der Waals surface area (Å²) in [7, 11) is 0. The highest BCUT2D eigenvalue weighted by atomic mass is 35.5. The lowest BCUT2D eigenvalue weighted by Crippen LogP contribution is -2.39. The SMILES string of the molecule is ClCCN1CCOC(c2cccs2)C1. The number of thiophene rings is 1. The molecule has 1 aliphatic rings. The van der Waals surface area contributed by atoms with E-state index in [0.717, 1.165) is 26.2 Å². The smallest absolute Gasteiger partial charge is 0.104 e. The molecule has 4 heteroatoms. The molecule has 0 spiro atoms. The maximum Gasteiger partial charge on any atom is 0.104 e. The number of alkyl halides is 1. The second kappa shape index (κ2) is 5.12. The Kier molecular flexibility index (Phi) is 3.81. The van der Waals surface area contributed by atoms with Gasteiger partial charge < -0.3 is 4.74 Å². The van der Waals surface area contributed by atoms with Gasteiger partial charge in [-0.25, -0.2) is 0 Å². The molecule has 1 atom stereocenters. The van der Waals surface area contributed by atoms with Crippen LogP contribution in [0.15, 0.2) is 17.5 Å². The molecule has 0 saturated carbocycles. The lowest BCUT2D eigenvalue weighted by molar-refractivity contribution is -0.0260. The maximum absolute atomic E-state index is 5.73. The summed E-state index contributed by atoms with van der Waals surface area (Å²) in [5, 5.41) is 2.10. The van der Waals surface area contributed by atoms with Crippen LogP contribution in [0.25, 0.3) is 0 Å². The van der Waals surface area contributed by atoms with E-state index in [0.29, 0.717) is 5.88 Å². The van der Waals surface area contributed by atoms with Crippen LogP contribution in [0.5, 0.6) is 0 Å². The lowest BCUT2D eigenvalue weighted by Gasteiger charge is -2.31. The Bertz CT molecular complexity index is 263. The van der Waals surface area contributed by atoms with E-state index in [1.54, 1.807) is 11.3 Å². The van der Waals surface area contributed by atoms with E-state index in [-0.39, 0.29) is 6.10 Å². The summed E-state index contributed by atoms with van der Waals surface area (Å²) >= 11 is 7.49. The Hall–Kier alpha value is -0.0900. The first-order chi connectivity index (χ1) is 6.90. The van der Waals surface area contributed by atoms with E-state index in [1.807, 2.05) is 0 Å². The molecule has 0 radical (unpaired) electrons. The second-order valence-electron chi connectivity index (χ2n) is 3.36. The fraction of sp³-hybridized carbons (Fsp3) is 0.600. The molecule has 2 heterocycles. The third-order valence-electron chi connectivity index (χ3n) is 2.41. The van der Waals surface area contributed by atoms with E-state index >= 15 is 0 Å². The van der Waals surface area contributed by atoms with Crippen LogP contribution in [0.1, 0.15) is 11.0 Å². The third kappa shape index (κ3) is 2.48. The highest BCUT2D eigenvalue weighted by Gasteiger charge is 2.21. The molecule has 2 nitrogen and oxygen atoms in total. The van der Waals surface area contributed by atoms with Crippen molar-refractivity contribution in [1.29, 1.82) is 0 Å². The minimum atomic E-state index is 0.256. The molecule has 2 rings (SSSR count). The summed E-state index contributed by atoms with van der Waals surface area (Å²) in [6.07, 6.45) is 0.256. The third-order valence-corrected chi connectivity index (χ3v) is 3.55. The van der Waals surface area contributed by atoms with E-state index in [4.69, 9.17) is 16.3 Å². The summed E-state index contributed by atoms with van der Waals surface area (Å²) in [5.74, 6) is 0.706. The summed E-state index contributed by atoms with van der Waals surface area (Å²) in [4.78, 5) is 3.69. The second-order valence-corrected chi connectivity index (χ2v) is 4.72. The Morgan fingerprint density at radius 3 is 3.29 bits per heavy atom. The van der Waals surface area contributed by atoms with Crippen molar-refractivity contribution in [3.63, 3.8) is 0 Å². The van der Waals surface area contributed by atoms with E-state index in [2.05, 4.69) is 22.4 Å². The molecule has 1 fully saturated rings. The zero-order chi connectivity index (χ0) is 9.80. The molecule has 1 unspecified atom stereocenters. The van der Waals surface area contributed by atoms with Crippen molar-refractivity contribution in [2.45, 2.75) is 6.10 Å². The maximum atomic E-state index is 5.73. The van der Waals surface area contributed by atoms with Crippen LogP contribution >= 0.6 is 22.9 Å². The van der Waals surface area contributed by atoms with Crippen molar-refractivity contribution in [3.8, 4) is 0 Å². The summed E-state index contributed by atoms with van der Waals surface area (Å²) in [6.45, 7) is 3.77. The van der Waals surface area contributed by atoms with Gasteiger partial charge in [-0.2, -0.15) is 0 Å². The predicted octanol–water partition coefficient (Wildman–Crippen LogP) is 2.36. The van der Waals surface area contributed by atoms with E-state index in [1.165, 1.54) is 4.88 Å². The van der Waals surface area contributed by atoms with Crippen molar-refractivity contribution < 1.29 is 4.74 Å². The fourth-order valence-electron chi connectivity index (χ4n) is 1.67. The van der Waals surface area contributed by atoms with Crippen molar-refractivity contribution in [2.75, 3.05) is 32.1 Å². The van der Waals surface area contributed by atoms with Gasteiger partial charge in [0.05, 0.1) is 6.61 Å². The molecule has 0 amide bonds. The number of ether oxygens (including phenoxy) is 1. The predicted molar refractivity (Wildman–Crippen MR) is 60.2 cm³/mol. The summed E-state index contributed by atoms with van der Waals surface area (Å²) in [5.41, 5.74) is 0. The van der Waals surface area contributed by atoms with Gasteiger partial charge in [-0.1, -0.05) is 6.07 Å². The number of hydrogen-bond acceptors (Lipinski definition) is 3. The Balaban J connectivity index is 1.94.